The molecule has 0 amide bonds. The van der Waals surface area contributed by atoms with Gasteiger partial charge in [0.15, 0.2) is 0 Å². The van der Waals surface area contributed by atoms with E-state index in [2.05, 4.69) is 22.3 Å². The fraction of sp³-hybridized carbons (Fsp3) is 0.419. The minimum absolute atomic E-state index is 0.00502. The van der Waals surface area contributed by atoms with E-state index in [9.17, 15) is 14.9 Å². The zero-order valence-electron chi connectivity index (χ0n) is 23.0. The number of likely N-dealkylation sites (tertiary alicyclic amines) is 1. The predicted octanol–water partition coefficient (Wildman–Crippen LogP) is 5.64. The van der Waals surface area contributed by atoms with Gasteiger partial charge in [-0.05, 0) is 31.7 Å². The number of benzene rings is 2. The number of nitrogens with zero attached hydrogens (tertiary/aromatic N) is 4. The molecule has 6 rings (SSSR count). The quantitative estimate of drug-likeness (QED) is 0.235. The van der Waals surface area contributed by atoms with Crippen LogP contribution in [0.25, 0.3) is 0 Å². The lowest BCUT2D eigenvalue weighted by Crippen LogP contribution is -2.30. The summed E-state index contributed by atoms with van der Waals surface area (Å²) in [5, 5.41) is 20.5. The van der Waals surface area contributed by atoms with Gasteiger partial charge in [-0.2, -0.15) is 5.10 Å². The third kappa shape index (κ3) is 4.90. The van der Waals surface area contributed by atoms with Crippen LogP contribution in [0.3, 0.4) is 0 Å². The standard InChI is InChI=1S/C31H35N5O4/c1-20-26(31(37)40-23-16-17-35(19-23)18-21-10-4-3-5-11-21)27(24-14-8-9-15-25(24)36(38)39)28-29(22-12-6-7-13-22)33-34(2)30(28)32-20/h3-5,8-11,14-15,22-23,27,32H,6-7,12-13,16-19H2,1-2H3. The van der Waals surface area contributed by atoms with Crippen LogP contribution >= 0.6 is 0 Å². The second-order valence-electron chi connectivity index (χ2n) is 11.2. The van der Waals surface area contributed by atoms with Gasteiger partial charge >= 0.3 is 5.97 Å². The second-order valence-corrected chi connectivity index (χ2v) is 11.2. The summed E-state index contributed by atoms with van der Waals surface area (Å²) in [6.45, 7) is 4.15. The molecule has 40 heavy (non-hydrogen) atoms. The van der Waals surface area contributed by atoms with Crippen LogP contribution in [0.1, 0.15) is 73.2 Å². The molecule has 1 saturated heterocycles. The minimum Gasteiger partial charge on any atom is -0.458 e. The molecule has 2 atom stereocenters. The van der Waals surface area contributed by atoms with Crippen LogP contribution in [0.15, 0.2) is 65.9 Å². The molecule has 2 fully saturated rings. The number of nitro groups is 1. The normalized spacial score (nSPS) is 21.4. The number of carbonyl (C=O) groups is 1. The lowest BCUT2D eigenvalue weighted by Gasteiger charge is -2.30. The molecular weight excluding hydrogens is 506 g/mol. The van der Waals surface area contributed by atoms with Crippen molar-refractivity contribution in [3.05, 3.63) is 98.4 Å². The third-order valence-corrected chi connectivity index (χ3v) is 8.56. The third-order valence-electron chi connectivity index (χ3n) is 8.56. The van der Waals surface area contributed by atoms with Crippen molar-refractivity contribution in [2.45, 2.75) is 63.5 Å². The van der Waals surface area contributed by atoms with Crippen molar-refractivity contribution in [1.82, 2.24) is 14.7 Å². The Morgan fingerprint density at radius 1 is 1.10 bits per heavy atom. The van der Waals surface area contributed by atoms with Gasteiger partial charge in [0.25, 0.3) is 5.69 Å². The number of nitro benzene ring substituents is 1. The van der Waals surface area contributed by atoms with Gasteiger partial charge in [0, 0.05) is 55.5 Å². The van der Waals surface area contributed by atoms with Gasteiger partial charge in [-0.3, -0.25) is 19.7 Å². The van der Waals surface area contributed by atoms with Crippen LogP contribution in [0.4, 0.5) is 11.5 Å². The summed E-state index contributed by atoms with van der Waals surface area (Å²) in [5.74, 6) is -0.0175. The number of para-hydroxylation sites is 1. The molecule has 208 valence electrons. The highest BCUT2D eigenvalue weighted by atomic mass is 16.6. The Kier molecular flexibility index (Phi) is 7.14. The maximum atomic E-state index is 14.0. The average Bonchev–Trinajstić information content (AvgIpc) is 3.70. The van der Waals surface area contributed by atoms with Gasteiger partial charge in [-0.15, -0.1) is 0 Å². The molecule has 1 aromatic heterocycles. The number of hydrogen-bond acceptors (Lipinski definition) is 7. The van der Waals surface area contributed by atoms with Crippen LogP contribution in [0.5, 0.6) is 0 Å². The van der Waals surface area contributed by atoms with Gasteiger partial charge in [0.1, 0.15) is 11.9 Å². The Morgan fingerprint density at radius 2 is 1.82 bits per heavy atom. The topological polar surface area (TPSA) is 103 Å². The maximum absolute atomic E-state index is 14.0. The summed E-state index contributed by atoms with van der Waals surface area (Å²) in [5.41, 5.74) is 4.57. The van der Waals surface area contributed by atoms with Crippen LogP contribution in [0.2, 0.25) is 0 Å². The van der Waals surface area contributed by atoms with E-state index in [-0.39, 0.29) is 22.6 Å². The molecule has 9 heteroatoms. The smallest absolute Gasteiger partial charge is 0.337 e. The minimum atomic E-state index is -0.642. The van der Waals surface area contributed by atoms with Crippen molar-refractivity contribution in [2.24, 2.45) is 7.05 Å². The number of esters is 1. The molecule has 1 saturated carbocycles. The molecule has 3 heterocycles. The molecule has 3 aliphatic rings. The predicted molar refractivity (Wildman–Crippen MR) is 152 cm³/mol. The van der Waals surface area contributed by atoms with Gasteiger partial charge in [-0.1, -0.05) is 61.4 Å². The number of allylic oxidation sites excluding steroid dienone is 1. The zero-order valence-corrected chi connectivity index (χ0v) is 23.0. The molecular formula is C31H35N5O4. The Bertz CT molecular complexity index is 1460. The highest BCUT2D eigenvalue weighted by Crippen LogP contribution is 2.49. The first-order valence-corrected chi connectivity index (χ1v) is 14.2. The van der Waals surface area contributed by atoms with Crippen LogP contribution < -0.4 is 5.32 Å². The van der Waals surface area contributed by atoms with Crippen molar-refractivity contribution in [2.75, 3.05) is 18.4 Å². The van der Waals surface area contributed by atoms with E-state index in [1.165, 1.54) is 11.6 Å². The number of anilines is 1. The van der Waals surface area contributed by atoms with Crippen LogP contribution in [0, 0.1) is 10.1 Å². The van der Waals surface area contributed by atoms with Crippen molar-refractivity contribution in [3.63, 3.8) is 0 Å². The Hall–Kier alpha value is -3.98. The van der Waals surface area contributed by atoms with Gasteiger partial charge < -0.3 is 10.1 Å². The summed E-state index contributed by atoms with van der Waals surface area (Å²) in [7, 11) is 1.89. The highest BCUT2D eigenvalue weighted by molar-refractivity contribution is 5.95. The number of rotatable bonds is 7. The number of carbonyl (C=O) groups excluding carboxylic acids is 1. The van der Waals surface area contributed by atoms with Crippen molar-refractivity contribution in [3.8, 4) is 0 Å². The van der Waals surface area contributed by atoms with Gasteiger partial charge in [0.2, 0.25) is 0 Å². The Labute approximate surface area is 234 Å². The SMILES string of the molecule is CC1=C(C(=O)OC2CCN(Cc3ccccc3)C2)C(c2ccccc2[N+](=O)[O-])c2c(C3CCCC3)nn(C)c2N1. The molecule has 0 spiro atoms. The number of aryl methyl sites for hydroxylation is 1. The summed E-state index contributed by atoms with van der Waals surface area (Å²) < 4.78 is 7.97. The van der Waals surface area contributed by atoms with Gasteiger partial charge in [-0.25, -0.2) is 4.79 Å². The largest absolute Gasteiger partial charge is 0.458 e. The summed E-state index contributed by atoms with van der Waals surface area (Å²) in [4.78, 5) is 28.1. The van der Waals surface area contributed by atoms with Crippen molar-refractivity contribution in [1.29, 1.82) is 0 Å². The molecule has 1 N–H and O–H groups in total. The Morgan fingerprint density at radius 3 is 2.58 bits per heavy atom. The summed E-state index contributed by atoms with van der Waals surface area (Å²) in [6, 6.07) is 17.0. The van der Waals surface area contributed by atoms with E-state index in [0.717, 1.165) is 62.3 Å². The lowest BCUT2D eigenvalue weighted by molar-refractivity contribution is -0.385. The Balaban J connectivity index is 1.34. The average molecular weight is 542 g/mol. The zero-order chi connectivity index (χ0) is 27.8. The second kappa shape index (κ2) is 10.9. The molecule has 2 aromatic carbocycles. The maximum Gasteiger partial charge on any atom is 0.337 e. The first-order chi connectivity index (χ1) is 19.4. The number of nitrogens with one attached hydrogen (secondary N) is 1. The highest BCUT2D eigenvalue weighted by Gasteiger charge is 2.42. The van der Waals surface area contributed by atoms with Crippen molar-refractivity contribution < 1.29 is 14.5 Å². The number of fused-ring (bicyclic) bond motifs is 1. The van der Waals surface area contributed by atoms with Crippen molar-refractivity contribution >= 4 is 17.5 Å². The molecule has 9 nitrogen and oxygen atoms in total. The van der Waals surface area contributed by atoms with E-state index in [4.69, 9.17) is 9.84 Å². The number of ether oxygens (including phenoxy) is 1. The fourth-order valence-corrected chi connectivity index (χ4v) is 6.67. The molecule has 2 unspecified atom stereocenters. The molecule has 3 aromatic rings. The van der Waals surface area contributed by atoms with E-state index < -0.39 is 11.9 Å². The molecule has 0 bridgehead atoms. The van der Waals surface area contributed by atoms with E-state index >= 15 is 0 Å². The molecule has 1 aliphatic carbocycles. The number of aromatic nitrogens is 2. The molecule has 0 radical (unpaired) electrons. The number of hydrogen-bond donors (Lipinski definition) is 1. The monoisotopic (exact) mass is 541 g/mol. The fourth-order valence-electron chi connectivity index (χ4n) is 6.67. The van der Waals surface area contributed by atoms with E-state index in [1.807, 2.05) is 36.9 Å². The van der Waals surface area contributed by atoms with Gasteiger partial charge in [0.05, 0.1) is 22.1 Å². The summed E-state index contributed by atoms with van der Waals surface area (Å²) >= 11 is 0. The first kappa shape index (κ1) is 26.3. The van der Waals surface area contributed by atoms with Crippen LogP contribution in [-0.2, 0) is 23.1 Å². The first-order valence-electron chi connectivity index (χ1n) is 14.2. The lowest BCUT2D eigenvalue weighted by atomic mass is 9.79. The molecule has 2 aliphatic heterocycles. The summed E-state index contributed by atoms with van der Waals surface area (Å²) in [6.07, 6.45) is 4.81. The van der Waals surface area contributed by atoms with Crippen LogP contribution in [-0.4, -0.2) is 44.8 Å². The van der Waals surface area contributed by atoms with E-state index in [0.29, 0.717) is 23.4 Å². The van der Waals surface area contributed by atoms with E-state index in [1.54, 1.807) is 18.2 Å².